The van der Waals surface area contributed by atoms with Gasteiger partial charge in [0.15, 0.2) is 17.3 Å². The van der Waals surface area contributed by atoms with Gasteiger partial charge in [0.05, 0.1) is 24.5 Å². The molecule has 0 spiro atoms. The molecule has 1 aromatic carbocycles. The van der Waals surface area contributed by atoms with E-state index in [0.29, 0.717) is 42.0 Å². The molecule has 0 bridgehead atoms. The molecule has 0 radical (unpaired) electrons. The van der Waals surface area contributed by atoms with E-state index in [1.165, 1.54) is 6.33 Å². The molecule has 5 rings (SSSR count). The highest BCUT2D eigenvalue weighted by molar-refractivity contribution is 6.31. The number of aromatic nitrogens is 7. The standard InChI is InChI=1S/C17H14ClN7O2/c1-26-5-4-14-22-17(27-23-14)15-13-7-25-16(19-8-21-25)11-6-10(18)2-3-12(11)24(13)9-20-15/h2-3,6,8-9H,4-5,7H2,1H3. The van der Waals surface area contributed by atoms with Gasteiger partial charge < -0.3 is 9.26 Å². The van der Waals surface area contributed by atoms with Crippen LogP contribution in [-0.4, -0.2) is 48.2 Å². The molecule has 4 aromatic rings. The zero-order valence-corrected chi connectivity index (χ0v) is 15.1. The molecule has 27 heavy (non-hydrogen) atoms. The summed E-state index contributed by atoms with van der Waals surface area (Å²) in [5.41, 5.74) is 3.30. The molecule has 0 N–H and O–H groups in total. The number of imidazole rings is 1. The monoisotopic (exact) mass is 383 g/mol. The molecule has 136 valence electrons. The third-order valence-electron chi connectivity index (χ3n) is 4.44. The molecular weight excluding hydrogens is 370 g/mol. The highest BCUT2D eigenvalue weighted by Gasteiger charge is 2.26. The Bertz CT molecular complexity index is 1130. The summed E-state index contributed by atoms with van der Waals surface area (Å²) < 4.78 is 14.3. The first kappa shape index (κ1) is 16.2. The maximum atomic E-state index is 6.21. The van der Waals surface area contributed by atoms with E-state index in [1.54, 1.807) is 18.1 Å². The fourth-order valence-electron chi connectivity index (χ4n) is 3.18. The zero-order valence-electron chi connectivity index (χ0n) is 14.3. The number of nitrogens with zero attached hydrogens (tertiary/aromatic N) is 7. The quantitative estimate of drug-likeness (QED) is 0.470. The number of fused-ring (bicyclic) bond motifs is 5. The molecule has 1 aliphatic rings. The van der Waals surface area contributed by atoms with Gasteiger partial charge >= 0.3 is 0 Å². The number of methoxy groups -OCH3 is 1. The Balaban J connectivity index is 1.65. The van der Waals surface area contributed by atoms with Gasteiger partial charge in [-0.3, -0.25) is 4.57 Å². The molecule has 0 fully saturated rings. The average Bonchev–Trinajstić information content (AvgIpc) is 3.39. The van der Waals surface area contributed by atoms with Crippen LogP contribution in [0.5, 0.6) is 0 Å². The highest BCUT2D eigenvalue weighted by atomic mass is 35.5. The van der Waals surface area contributed by atoms with E-state index < -0.39 is 0 Å². The van der Waals surface area contributed by atoms with Crippen molar-refractivity contribution >= 4 is 11.6 Å². The van der Waals surface area contributed by atoms with Crippen molar-refractivity contribution in [2.24, 2.45) is 0 Å². The Labute approximate surface area is 158 Å². The van der Waals surface area contributed by atoms with Crippen LogP contribution in [0.2, 0.25) is 5.02 Å². The first-order chi connectivity index (χ1) is 13.2. The van der Waals surface area contributed by atoms with E-state index in [-0.39, 0.29) is 0 Å². The number of hydrogen-bond acceptors (Lipinski definition) is 7. The van der Waals surface area contributed by atoms with E-state index in [4.69, 9.17) is 20.9 Å². The Hall–Kier alpha value is -3.04. The molecule has 1 aliphatic heterocycles. The summed E-state index contributed by atoms with van der Waals surface area (Å²) in [6.45, 7) is 0.990. The SMILES string of the molecule is COCCc1noc(-c2ncn3c2Cn2ncnc2-c2cc(Cl)ccc2-3)n1. The van der Waals surface area contributed by atoms with Crippen LogP contribution < -0.4 is 0 Å². The van der Waals surface area contributed by atoms with Crippen molar-refractivity contribution < 1.29 is 9.26 Å². The van der Waals surface area contributed by atoms with Gasteiger partial charge in [-0.15, -0.1) is 0 Å². The predicted molar refractivity (Wildman–Crippen MR) is 95.6 cm³/mol. The van der Waals surface area contributed by atoms with E-state index in [2.05, 4.69) is 25.2 Å². The van der Waals surface area contributed by atoms with E-state index in [0.717, 1.165) is 22.8 Å². The Morgan fingerprint density at radius 2 is 2.22 bits per heavy atom. The van der Waals surface area contributed by atoms with Gasteiger partial charge in [0.1, 0.15) is 12.7 Å². The second-order valence-electron chi connectivity index (χ2n) is 6.07. The number of ether oxygens (including phenoxy) is 1. The topological polar surface area (TPSA) is 96.7 Å². The Morgan fingerprint density at radius 3 is 3.11 bits per heavy atom. The summed E-state index contributed by atoms with van der Waals surface area (Å²) in [6.07, 6.45) is 3.84. The minimum atomic E-state index is 0.369. The second-order valence-corrected chi connectivity index (χ2v) is 6.51. The lowest BCUT2D eigenvalue weighted by Crippen LogP contribution is -2.05. The molecule has 0 saturated heterocycles. The fourth-order valence-corrected chi connectivity index (χ4v) is 3.36. The molecule has 10 heteroatoms. The lowest BCUT2D eigenvalue weighted by atomic mass is 10.1. The molecule has 4 heterocycles. The fraction of sp³-hybridized carbons (Fsp3) is 0.235. The van der Waals surface area contributed by atoms with Crippen LogP contribution in [0.1, 0.15) is 11.5 Å². The molecule has 0 aliphatic carbocycles. The summed E-state index contributed by atoms with van der Waals surface area (Å²) in [4.78, 5) is 13.4. The average molecular weight is 384 g/mol. The molecular formula is C17H14ClN7O2. The summed E-state index contributed by atoms with van der Waals surface area (Å²) in [7, 11) is 1.63. The molecule has 0 atom stereocenters. The van der Waals surface area contributed by atoms with Gasteiger partial charge in [0.25, 0.3) is 5.89 Å². The van der Waals surface area contributed by atoms with Crippen molar-refractivity contribution in [2.45, 2.75) is 13.0 Å². The van der Waals surface area contributed by atoms with Crippen LogP contribution in [0.15, 0.2) is 35.4 Å². The minimum Gasteiger partial charge on any atom is -0.384 e. The number of halogens is 1. The summed E-state index contributed by atoms with van der Waals surface area (Å²) in [6, 6.07) is 5.65. The van der Waals surface area contributed by atoms with Gasteiger partial charge in [-0.1, -0.05) is 16.8 Å². The summed E-state index contributed by atoms with van der Waals surface area (Å²) in [5, 5.41) is 8.98. The summed E-state index contributed by atoms with van der Waals surface area (Å²) >= 11 is 6.21. The zero-order chi connectivity index (χ0) is 18.4. The highest BCUT2D eigenvalue weighted by Crippen LogP contribution is 2.34. The van der Waals surface area contributed by atoms with Crippen LogP contribution >= 0.6 is 11.6 Å². The van der Waals surface area contributed by atoms with E-state index >= 15 is 0 Å². The Kier molecular flexibility index (Phi) is 3.76. The van der Waals surface area contributed by atoms with Gasteiger partial charge in [0.2, 0.25) is 0 Å². The third-order valence-corrected chi connectivity index (χ3v) is 4.68. The number of hydrogen-bond donors (Lipinski definition) is 0. The molecule has 0 amide bonds. The van der Waals surface area contributed by atoms with Crippen LogP contribution in [0.4, 0.5) is 0 Å². The molecule has 0 unspecified atom stereocenters. The molecule has 3 aromatic heterocycles. The number of rotatable bonds is 4. The van der Waals surface area contributed by atoms with Crippen molar-refractivity contribution in [2.75, 3.05) is 13.7 Å². The first-order valence-corrected chi connectivity index (χ1v) is 8.68. The van der Waals surface area contributed by atoms with Gasteiger partial charge in [-0.25, -0.2) is 14.6 Å². The number of benzene rings is 1. The van der Waals surface area contributed by atoms with Crippen LogP contribution in [-0.2, 0) is 17.7 Å². The predicted octanol–water partition coefficient (Wildman–Crippen LogP) is 2.38. The smallest absolute Gasteiger partial charge is 0.278 e. The van der Waals surface area contributed by atoms with E-state index in [9.17, 15) is 0 Å². The second kappa shape index (κ2) is 6.29. The first-order valence-electron chi connectivity index (χ1n) is 8.31. The van der Waals surface area contributed by atoms with Gasteiger partial charge in [0, 0.05) is 24.1 Å². The van der Waals surface area contributed by atoms with Crippen molar-refractivity contribution in [3.8, 4) is 28.7 Å². The van der Waals surface area contributed by atoms with Crippen molar-refractivity contribution in [1.82, 2.24) is 34.5 Å². The lowest BCUT2D eigenvalue weighted by Gasteiger charge is -2.08. The van der Waals surface area contributed by atoms with Gasteiger partial charge in [-0.05, 0) is 18.2 Å². The van der Waals surface area contributed by atoms with Crippen LogP contribution in [0.3, 0.4) is 0 Å². The minimum absolute atomic E-state index is 0.369. The maximum absolute atomic E-state index is 6.21. The maximum Gasteiger partial charge on any atom is 0.278 e. The largest absolute Gasteiger partial charge is 0.384 e. The van der Waals surface area contributed by atoms with Crippen LogP contribution in [0.25, 0.3) is 28.7 Å². The van der Waals surface area contributed by atoms with Crippen LogP contribution in [0, 0.1) is 0 Å². The molecule has 0 saturated carbocycles. The normalized spacial score (nSPS) is 12.4. The molecule has 9 nitrogen and oxygen atoms in total. The van der Waals surface area contributed by atoms with Crippen molar-refractivity contribution in [3.05, 3.63) is 47.4 Å². The Morgan fingerprint density at radius 1 is 1.30 bits per heavy atom. The van der Waals surface area contributed by atoms with Crippen molar-refractivity contribution in [1.29, 1.82) is 0 Å². The third kappa shape index (κ3) is 2.63. The van der Waals surface area contributed by atoms with E-state index in [1.807, 2.05) is 22.8 Å². The van der Waals surface area contributed by atoms with Crippen molar-refractivity contribution in [3.63, 3.8) is 0 Å². The van der Waals surface area contributed by atoms with Gasteiger partial charge in [-0.2, -0.15) is 10.1 Å². The summed E-state index contributed by atoms with van der Waals surface area (Å²) in [5.74, 6) is 1.69. The lowest BCUT2D eigenvalue weighted by molar-refractivity contribution is 0.199.